The van der Waals surface area contributed by atoms with Crippen molar-refractivity contribution in [2.45, 2.75) is 52.0 Å². The summed E-state index contributed by atoms with van der Waals surface area (Å²) in [5.74, 6) is 0.795. The number of likely N-dealkylation sites (N-methyl/N-ethyl adjacent to an activating group) is 1. The molecule has 1 N–H and O–H groups in total. The number of nitrogens with one attached hydrogen (secondary N) is 1. The first-order valence-electron chi connectivity index (χ1n) is 8.17. The molecule has 0 radical (unpaired) electrons. The van der Waals surface area contributed by atoms with Crippen LogP contribution in [0, 0.1) is 12.8 Å². The Bertz CT molecular complexity index is 368. The standard InChI is InChI=1S/C18H29NO/c1-3-19-18(17-11-9-15(2)10-12-17)14-20-13-16-7-5-4-6-8-16/h9-12,16,18-19H,3-8,13-14H2,1-2H3. The fourth-order valence-corrected chi connectivity index (χ4v) is 3.02. The van der Waals surface area contributed by atoms with E-state index >= 15 is 0 Å². The molecule has 20 heavy (non-hydrogen) atoms. The molecule has 2 rings (SSSR count). The molecule has 0 aromatic heterocycles. The molecule has 2 heteroatoms. The van der Waals surface area contributed by atoms with Crippen LogP contribution in [0.25, 0.3) is 0 Å². The van der Waals surface area contributed by atoms with E-state index in [4.69, 9.17) is 4.74 Å². The average molecular weight is 275 g/mol. The first kappa shape index (κ1) is 15.5. The fraction of sp³-hybridized carbons (Fsp3) is 0.667. The zero-order valence-electron chi connectivity index (χ0n) is 13.0. The van der Waals surface area contributed by atoms with E-state index in [2.05, 4.69) is 43.4 Å². The van der Waals surface area contributed by atoms with Crippen molar-refractivity contribution in [1.29, 1.82) is 0 Å². The lowest BCUT2D eigenvalue weighted by atomic mass is 9.90. The molecule has 2 nitrogen and oxygen atoms in total. The second-order valence-corrected chi connectivity index (χ2v) is 6.06. The molecule has 112 valence electrons. The third-order valence-electron chi connectivity index (χ3n) is 4.29. The maximum Gasteiger partial charge on any atom is 0.0661 e. The lowest BCUT2D eigenvalue weighted by Crippen LogP contribution is -2.26. The molecule has 0 amide bonds. The Kier molecular flexibility index (Phi) is 6.55. The van der Waals surface area contributed by atoms with Gasteiger partial charge in [-0.3, -0.25) is 0 Å². The zero-order valence-corrected chi connectivity index (χ0v) is 13.0. The summed E-state index contributed by atoms with van der Waals surface area (Å²) in [4.78, 5) is 0. The lowest BCUT2D eigenvalue weighted by Gasteiger charge is -2.24. The average Bonchev–Trinajstić information content (AvgIpc) is 2.48. The van der Waals surface area contributed by atoms with E-state index in [9.17, 15) is 0 Å². The molecule has 1 fully saturated rings. The Labute approximate surface area is 123 Å². The van der Waals surface area contributed by atoms with E-state index in [-0.39, 0.29) is 0 Å². The van der Waals surface area contributed by atoms with E-state index in [1.165, 1.54) is 43.2 Å². The molecule has 0 aliphatic heterocycles. The summed E-state index contributed by atoms with van der Waals surface area (Å²) < 4.78 is 6.01. The van der Waals surface area contributed by atoms with Crippen LogP contribution in [0.15, 0.2) is 24.3 Å². The van der Waals surface area contributed by atoms with Gasteiger partial charge in [-0.25, -0.2) is 0 Å². The Morgan fingerprint density at radius 2 is 1.85 bits per heavy atom. The molecule has 0 spiro atoms. The monoisotopic (exact) mass is 275 g/mol. The predicted molar refractivity (Wildman–Crippen MR) is 85.0 cm³/mol. The summed E-state index contributed by atoms with van der Waals surface area (Å²) in [6.07, 6.45) is 6.91. The molecule has 1 aromatic rings. The van der Waals surface area contributed by atoms with Gasteiger partial charge in [0.15, 0.2) is 0 Å². The van der Waals surface area contributed by atoms with Crippen LogP contribution in [-0.2, 0) is 4.74 Å². The normalized spacial score (nSPS) is 18.1. The van der Waals surface area contributed by atoms with Crippen LogP contribution in [0.1, 0.15) is 56.2 Å². The quantitative estimate of drug-likeness (QED) is 0.803. The topological polar surface area (TPSA) is 21.3 Å². The van der Waals surface area contributed by atoms with Gasteiger partial charge in [0.1, 0.15) is 0 Å². The van der Waals surface area contributed by atoms with Crippen molar-refractivity contribution in [2.75, 3.05) is 19.8 Å². The van der Waals surface area contributed by atoms with Crippen LogP contribution in [0.2, 0.25) is 0 Å². The minimum Gasteiger partial charge on any atom is -0.379 e. The molecule has 1 aliphatic carbocycles. The van der Waals surface area contributed by atoms with Gasteiger partial charge in [-0.2, -0.15) is 0 Å². The Morgan fingerprint density at radius 3 is 2.50 bits per heavy atom. The minimum atomic E-state index is 0.323. The van der Waals surface area contributed by atoms with Gasteiger partial charge in [-0.05, 0) is 37.8 Å². The van der Waals surface area contributed by atoms with Crippen molar-refractivity contribution in [3.8, 4) is 0 Å². The summed E-state index contributed by atoms with van der Waals surface area (Å²) in [5, 5.41) is 3.53. The van der Waals surface area contributed by atoms with Crippen molar-refractivity contribution in [3.05, 3.63) is 35.4 Å². The second kappa shape index (κ2) is 8.43. The third kappa shape index (κ3) is 4.92. The molecule has 0 saturated heterocycles. The summed E-state index contributed by atoms with van der Waals surface area (Å²) in [7, 11) is 0. The maximum absolute atomic E-state index is 6.01. The molecule has 0 heterocycles. The van der Waals surface area contributed by atoms with Crippen molar-refractivity contribution in [1.82, 2.24) is 5.32 Å². The summed E-state index contributed by atoms with van der Waals surface area (Å²) in [5.41, 5.74) is 2.65. The van der Waals surface area contributed by atoms with Crippen LogP contribution in [0.4, 0.5) is 0 Å². The van der Waals surface area contributed by atoms with Crippen LogP contribution in [-0.4, -0.2) is 19.8 Å². The molecule has 1 saturated carbocycles. The highest BCUT2D eigenvalue weighted by molar-refractivity contribution is 5.24. The van der Waals surface area contributed by atoms with Gasteiger partial charge >= 0.3 is 0 Å². The number of hydrogen-bond acceptors (Lipinski definition) is 2. The van der Waals surface area contributed by atoms with Crippen molar-refractivity contribution < 1.29 is 4.74 Å². The predicted octanol–water partition coefficient (Wildman–Crippen LogP) is 4.24. The van der Waals surface area contributed by atoms with E-state index in [0.717, 1.165) is 25.7 Å². The molecular weight excluding hydrogens is 246 g/mol. The second-order valence-electron chi connectivity index (χ2n) is 6.06. The van der Waals surface area contributed by atoms with Crippen molar-refractivity contribution in [2.24, 2.45) is 5.92 Å². The van der Waals surface area contributed by atoms with Crippen LogP contribution in [0.5, 0.6) is 0 Å². The molecule has 1 unspecified atom stereocenters. The van der Waals surface area contributed by atoms with Gasteiger partial charge in [0.25, 0.3) is 0 Å². The SMILES string of the molecule is CCNC(COCC1CCCCC1)c1ccc(C)cc1. The van der Waals surface area contributed by atoms with Crippen LogP contribution < -0.4 is 5.32 Å². The minimum absolute atomic E-state index is 0.323. The van der Waals surface area contributed by atoms with E-state index in [1.54, 1.807) is 0 Å². The summed E-state index contributed by atoms with van der Waals surface area (Å²) in [6.45, 7) is 6.99. The molecule has 1 aliphatic rings. The van der Waals surface area contributed by atoms with Crippen molar-refractivity contribution >= 4 is 0 Å². The maximum atomic E-state index is 6.01. The van der Waals surface area contributed by atoms with Gasteiger partial charge in [0, 0.05) is 6.61 Å². The van der Waals surface area contributed by atoms with E-state index in [0.29, 0.717) is 6.04 Å². The highest BCUT2D eigenvalue weighted by atomic mass is 16.5. The number of benzene rings is 1. The molecule has 1 aromatic carbocycles. The van der Waals surface area contributed by atoms with Gasteiger partial charge in [0.2, 0.25) is 0 Å². The van der Waals surface area contributed by atoms with Gasteiger partial charge in [-0.1, -0.05) is 56.0 Å². The van der Waals surface area contributed by atoms with Gasteiger partial charge in [-0.15, -0.1) is 0 Å². The Hall–Kier alpha value is -0.860. The molecular formula is C18H29NO. The highest BCUT2D eigenvalue weighted by Crippen LogP contribution is 2.24. The van der Waals surface area contributed by atoms with E-state index in [1.807, 2.05) is 0 Å². The van der Waals surface area contributed by atoms with Crippen LogP contribution in [0.3, 0.4) is 0 Å². The van der Waals surface area contributed by atoms with E-state index < -0.39 is 0 Å². The highest BCUT2D eigenvalue weighted by Gasteiger charge is 2.15. The fourth-order valence-electron chi connectivity index (χ4n) is 3.02. The number of aryl methyl sites for hydroxylation is 1. The van der Waals surface area contributed by atoms with Gasteiger partial charge in [0.05, 0.1) is 12.6 Å². The summed E-state index contributed by atoms with van der Waals surface area (Å²) in [6, 6.07) is 9.12. The number of hydrogen-bond donors (Lipinski definition) is 1. The smallest absolute Gasteiger partial charge is 0.0661 e. The largest absolute Gasteiger partial charge is 0.379 e. The number of rotatable bonds is 7. The lowest BCUT2D eigenvalue weighted by molar-refractivity contribution is 0.0696. The van der Waals surface area contributed by atoms with Crippen molar-refractivity contribution in [3.63, 3.8) is 0 Å². The van der Waals surface area contributed by atoms with Gasteiger partial charge < -0.3 is 10.1 Å². The first-order valence-corrected chi connectivity index (χ1v) is 8.17. The first-order chi connectivity index (χ1) is 9.79. The molecule has 0 bridgehead atoms. The molecule has 1 atom stereocenters. The van der Waals surface area contributed by atoms with Crippen LogP contribution >= 0.6 is 0 Å². The number of ether oxygens (including phenoxy) is 1. The zero-order chi connectivity index (χ0) is 14.2. The Morgan fingerprint density at radius 1 is 1.15 bits per heavy atom. The third-order valence-corrected chi connectivity index (χ3v) is 4.29. The summed E-state index contributed by atoms with van der Waals surface area (Å²) >= 11 is 0. The Balaban J connectivity index is 1.80.